The van der Waals surface area contributed by atoms with Crippen molar-refractivity contribution in [2.24, 2.45) is 0 Å². The summed E-state index contributed by atoms with van der Waals surface area (Å²) in [5.74, 6) is 0.922. The van der Waals surface area contributed by atoms with Crippen LogP contribution in [0.15, 0.2) is 53.2 Å². The lowest BCUT2D eigenvalue weighted by molar-refractivity contribution is -0.117. The molecule has 126 valence electrons. The number of anilines is 1. The van der Waals surface area contributed by atoms with Crippen LogP contribution in [0.4, 0.5) is 5.69 Å². The van der Waals surface area contributed by atoms with E-state index in [0.29, 0.717) is 30.4 Å². The van der Waals surface area contributed by atoms with Gasteiger partial charge in [0.1, 0.15) is 5.69 Å². The Morgan fingerprint density at radius 2 is 2.04 bits per heavy atom. The van der Waals surface area contributed by atoms with Crippen LogP contribution in [0.25, 0.3) is 11.5 Å². The van der Waals surface area contributed by atoms with Crippen LogP contribution in [0.1, 0.15) is 30.7 Å². The Balaban J connectivity index is 1.53. The lowest BCUT2D eigenvalue weighted by Crippen LogP contribution is -2.24. The minimum Gasteiger partial charge on any atom is -0.339 e. The first-order chi connectivity index (χ1) is 12.2. The van der Waals surface area contributed by atoms with Crippen molar-refractivity contribution in [3.63, 3.8) is 0 Å². The molecule has 2 aromatic heterocycles. The van der Waals surface area contributed by atoms with Crippen LogP contribution in [0, 0.1) is 0 Å². The first-order valence-corrected chi connectivity index (χ1v) is 8.39. The number of benzene rings is 1. The van der Waals surface area contributed by atoms with E-state index in [0.717, 1.165) is 12.1 Å². The van der Waals surface area contributed by atoms with Crippen LogP contribution >= 0.6 is 0 Å². The highest BCUT2D eigenvalue weighted by Crippen LogP contribution is 2.31. The number of aryl methyl sites for hydroxylation is 1. The van der Waals surface area contributed by atoms with Crippen molar-refractivity contribution in [1.82, 2.24) is 15.1 Å². The van der Waals surface area contributed by atoms with Crippen molar-refractivity contribution in [2.75, 3.05) is 11.4 Å². The van der Waals surface area contributed by atoms with Gasteiger partial charge in [-0.1, -0.05) is 30.3 Å². The molecular weight excluding hydrogens is 316 g/mol. The predicted octanol–water partition coefficient (Wildman–Crippen LogP) is 3.21. The predicted molar refractivity (Wildman–Crippen MR) is 93.1 cm³/mol. The summed E-state index contributed by atoms with van der Waals surface area (Å²) < 4.78 is 5.39. The van der Waals surface area contributed by atoms with Gasteiger partial charge in [0, 0.05) is 24.8 Å². The number of nitrogens with zero attached hydrogens (tertiary/aromatic N) is 4. The van der Waals surface area contributed by atoms with Gasteiger partial charge in [-0.25, -0.2) is 0 Å². The van der Waals surface area contributed by atoms with Crippen molar-refractivity contribution in [1.29, 1.82) is 0 Å². The Hall–Kier alpha value is -3.02. The summed E-state index contributed by atoms with van der Waals surface area (Å²) in [6.07, 6.45) is 3.04. The molecule has 0 radical (unpaired) electrons. The van der Waals surface area contributed by atoms with E-state index in [4.69, 9.17) is 4.52 Å². The summed E-state index contributed by atoms with van der Waals surface area (Å²) in [5.41, 5.74) is 2.83. The maximum absolute atomic E-state index is 12.4. The van der Waals surface area contributed by atoms with E-state index in [1.807, 2.05) is 30.3 Å². The lowest BCUT2D eigenvalue weighted by Gasteiger charge is -2.16. The number of rotatable bonds is 4. The Morgan fingerprint density at radius 1 is 1.20 bits per heavy atom. The van der Waals surface area contributed by atoms with Gasteiger partial charge >= 0.3 is 0 Å². The monoisotopic (exact) mass is 334 g/mol. The molecule has 0 N–H and O–H groups in total. The topological polar surface area (TPSA) is 72.1 Å². The van der Waals surface area contributed by atoms with Gasteiger partial charge < -0.3 is 9.42 Å². The smallest absolute Gasteiger partial charge is 0.232 e. The van der Waals surface area contributed by atoms with Gasteiger partial charge in [-0.15, -0.1) is 0 Å². The molecule has 6 heteroatoms. The number of aromatic nitrogens is 3. The lowest BCUT2D eigenvalue weighted by atomic mass is 10.1. The molecule has 3 aromatic rings. The van der Waals surface area contributed by atoms with Gasteiger partial charge in [-0.2, -0.15) is 4.98 Å². The molecule has 3 heterocycles. The zero-order valence-corrected chi connectivity index (χ0v) is 13.9. The van der Waals surface area contributed by atoms with E-state index >= 15 is 0 Å². The normalized spacial score (nSPS) is 17.2. The van der Waals surface area contributed by atoms with E-state index < -0.39 is 0 Å². The summed E-state index contributed by atoms with van der Waals surface area (Å²) in [5, 5.41) is 4.00. The molecule has 1 aliphatic heterocycles. The molecule has 1 aliphatic rings. The van der Waals surface area contributed by atoms with Crippen molar-refractivity contribution in [3.05, 3.63) is 60.1 Å². The Kier molecular flexibility index (Phi) is 4.01. The largest absolute Gasteiger partial charge is 0.339 e. The molecule has 0 aliphatic carbocycles. The van der Waals surface area contributed by atoms with Crippen LogP contribution in [0.5, 0.6) is 0 Å². The number of carbonyl (C=O) groups is 1. The Labute approximate surface area is 145 Å². The minimum absolute atomic E-state index is 0.0758. The number of hydrogen-bond acceptors (Lipinski definition) is 5. The summed E-state index contributed by atoms with van der Waals surface area (Å²) in [7, 11) is 0. The number of hydrogen-bond donors (Lipinski definition) is 0. The second-order valence-corrected chi connectivity index (χ2v) is 6.10. The van der Waals surface area contributed by atoms with Crippen molar-refractivity contribution >= 4 is 11.6 Å². The Bertz CT molecular complexity index is 874. The molecule has 1 fully saturated rings. The molecule has 1 atom stereocenters. The molecule has 1 saturated heterocycles. The third-order valence-electron chi connectivity index (χ3n) is 4.47. The van der Waals surface area contributed by atoms with Crippen LogP contribution in [0.2, 0.25) is 0 Å². The van der Waals surface area contributed by atoms with Gasteiger partial charge in [-0.3, -0.25) is 9.78 Å². The standard InChI is InChI=1S/C19H18N4O2/c1-2-13-6-8-15(9-7-13)23-12-14(11-17(23)24)19-21-18(22-25-19)16-5-3-4-10-20-16/h3-10,14H,2,11-12H2,1H3/t14-/m1/s1. The molecule has 4 rings (SSSR count). The molecule has 0 bridgehead atoms. The Morgan fingerprint density at radius 3 is 2.76 bits per heavy atom. The molecule has 1 amide bonds. The fourth-order valence-corrected chi connectivity index (χ4v) is 3.03. The van der Waals surface area contributed by atoms with Crippen LogP contribution in [-0.2, 0) is 11.2 Å². The van der Waals surface area contributed by atoms with E-state index in [1.165, 1.54) is 5.56 Å². The van der Waals surface area contributed by atoms with Crippen LogP contribution < -0.4 is 4.90 Å². The third-order valence-corrected chi connectivity index (χ3v) is 4.47. The average molecular weight is 334 g/mol. The molecule has 25 heavy (non-hydrogen) atoms. The number of amides is 1. The molecular formula is C19H18N4O2. The second-order valence-electron chi connectivity index (χ2n) is 6.10. The summed E-state index contributed by atoms with van der Waals surface area (Å²) in [6, 6.07) is 13.6. The SMILES string of the molecule is CCc1ccc(N2C[C@H](c3nc(-c4ccccn4)no3)CC2=O)cc1. The fourth-order valence-electron chi connectivity index (χ4n) is 3.03. The van der Waals surface area contributed by atoms with Gasteiger partial charge in [0.25, 0.3) is 0 Å². The first kappa shape index (κ1) is 15.5. The van der Waals surface area contributed by atoms with Gasteiger partial charge in [0.05, 0.1) is 5.92 Å². The fraction of sp³-hybridized carbons (Fsp3) is 0.263. The van der Waals surface area contributed by atoms with Crippen molar-refractivity contribution < 1.29 is 9.32 Å². The van der Waals surface area contributed by atoms with E-state index in [-0.39, 0.29) is 11.8 Å². The molecule has 1 aromatic carbocycles. The summed E-state index contributed by atoms with van der Waals surface area (Å²) >= 11 is 0. The zero-order chi connectivity index (χ0) is 17.2. The molecule has 0 unspecified atom stereocenters. The van der Waals surface area contributed by atoms with Gasteiger partial charge in [0.2, 0.25) is 17.6 Å². The minimum atomic E-state index is -0.0942. The van der Waals surface area contributed by atoms with Crippen LogP contribution in [-0.4, -0.2) is 27.6 Å². The van der Waals surface area contributed by atoms with Crippen LogP contribution in [0.3, 0.4) is 0 Å². The van der Waals surface area contributed by atoms with Crippen molar-refractivity contribution in [3.8, 4) is 11.5 Å². The maximum atomic E-state index is 12.4. The first-order valence-electron chi connectivity index (χ1n) is 8.39. The third kappa shape index (κ3) is 3.03. The quantitative estimate of drug-likeness (QED) is 0.732. The zero-order valence-electron chi connectivity index (χ0n) is 13.9. The highest BCUT2D eigenvalue weighted by molar-refractivity contribution is 5.96. The second kappa shape index (κ2) is 6.47. The van der Waals surface area contributed by atoms with E-state index in [9.17, 15) is 4.79 Å². The molecule has 6 nitrogen and oxygen atoms in total. The number of pyridine rings is 1. The summed E-state index contributed by atoms with van der Waals surface area (Å²) in [4.78, 5) is 22.9. The van der Waals surface area contributed by atoms with Gasteiger partial charge in [-0.05, 0) is 36.2 Å². The average Bonchev–Trinajstić information content (AvgIpc) is 3.29. The van der Waals surface area contributed by atoms with E-state index in [1.54, 1.807) is 11.1 Å². The number of carbonyl (C=O) groups excluding carboxylic acids is 1. The van der Waals surface area contributed by atoms with Crippen molar-refractivity contribution in [2.45, 2.75) is 25.7 Å². The summed E-state index contributed by atoms with van der Waals surface area (Å²) in [6.45, 7) is 2.66. The highest BCUT2D eigenvalue weighted by atomic mass is 16.5. The van der Waals surface area contributed by atoms with Gasteiger partial charge in [0.15, 0.2) is 0 Å². The maximum Gasteiger partial charge on any atom is 0.232 e. The molecule has 0 spiro atoms. The highest BCUT2D eigenvalue weighted by Gasteiger charge is 2.35. The van der Waals surface area contributed by atoms with E-state index in [2.05, 4.69) is 34.2 Å². The molecule has 0 saturated carbocycles.